The first-order valence-corrected chi connectivity index (χ1v) is 12.8. The van der Waals surface area contributed by atoms with Crippen LogP contribution in [-0.4, -0.2) is 97.1 Å². The van der Waals surface area contributed by atoms with E-state index in [0.717, 1.165) is 25.3 Å². The summed E-state index contributed by atoms with van der Waals surface area (Å²) in [5.41, 5.74) is 1.02. The van der Waals surface area contributed by atoms with Crippen LogP contribution in [-0.2, 0) is 17.1 Å². The first kappa shape index (κ1) is 23.7. The van der Waals surface area contributed by atoms with Crippen molar-refractivity contribution in [3.05, 3.63) is 53.7 Å². The highest BCUT2D eigenvalue weighted by Gasteiger charge is 2.36. The molecule has 4 rings (SSSR count). The zero-order valence-electron chi connectivity index (χ0n) is 18.7. The summed E-state index contributed by atoms with van der Waals surface area (Å²) in [6, 6.07) is 7.53. The fourth-order valence-corrected chi connectivity index (χ4v) is 6.09. The summed E-state index contributed by atoms with van der Waals surface area (Å²) in [6.07, 6.45) is 3.35. The number of halogens is 1. The van der Waals surface area contributed by atoms with Crippen molar-refractivity contribution in [2.45, 2.75) is 5.03 Å². The first-order valence-electron chi connectivity index (χ1n) is 11.0. The predicted octanol–water partition coefficient (Wildman–Crippen LogP) is 1.53. The zero-order chi connectivity index (χ0) is 23.6. The van der Waals surface area contributed by atoms with Crippen LogP contribution < -0.4 is 4.90 Å². The quantitative estimate of drug-likeness (QED) is 0.569. The topological polar surface area (TPSA) is 82.0 Å². The van der Waals surface area contributed by atoms with Gasteiger partial charge in [-0.3, -0.25) is 14.4 Å². The Kier molecular flexibility index (Phi) is 7.08. The first-order chi connectivity index (χ1) is 15.8. The van der Waals surface area contributed by atoms with Crippen LogP contribution in [0.15, 0.2) is 48.1 Å². The van der Waals surface area contributed by atoms with Gasteiger partial charge in [0, 0.05) is 72.1 Å². The summed E-state index contributed by atoms with van der Waals surface area (Å²) in [4.78, 5) is 19.2. The van der Waals surface area contributed by atoms with E-state index in [1.165, 1.54) is 15.2 Å². The average Bonchev–Trinajstić information content (AvgIpc) is 3.22. The van der Waals surface area contributed by atoms with E-state index in [2.05, 4.69) is 21.5 Å². The molecule has 3 heterocycles. The van der Waals surface area contributed by atoms with E-state index in [1.807, 2.05) is 30.3 Å². The molecule has 178 valence electrons. The number of para-hydroxylation sites is 1. The van der Waals surface area contributed by atoms with Crippen molar-refractivity contribution >= 4 is 33.2 Å². The molecule has 0 bridgehead atoms. The molecule has 0 spiro atoms. The molecule has 2 aliphatic heterocycles. The molecule has 2 saturated heterocycles. The van der Waals surface area contributed by atoms with Crippen molar-refractivity contribution in [1.29, 1.82) is 0 Å². The third kappa shape index (κ3) is 4.93. The summed E-state index contributed by atoms with van der Waals surface area (Å²) in [7, 11) is -2.29. The molecule has 2 aromatic rings. The Labute approximate surface area is 199 Å². The number of nitrogens with zero attached hydrogens (tertiary/aromatic N) is 6. The predicted molar refractivity (Wildman–Crippen MR) is 128 cm³/mol. The van der Waals surface area contributed by atoms with Gasteiger partial charge < -0.3 is 9.80 Å². The molecule has 0 saturated carbocycles. The van der Waals surface area contributed by atoms with Crippen molar-refractivity contribution < 1.29 is 13.2 Å². The standard InChI is InChI=1S/C22H29ClN6O3S/c1-3-8-26-9-11-28(12-10-26)22(30)18-17-25(2)24-21(18)33(31,32)29-15-13-27(14-16-29)20-7-5-4-6-19(20)23/h3-7,17H,1,8-16H2,2H3. The average molecular weight is 493 g/mol. The molecule has 0 atom stereocenters. The highest BCUT2D eigenvalue weighted by Crippen LogP contribution is 2.28. The molecule has 1 aromatic carbocycles. The Balaban J connectivity index is 1.48. The number of aryl methyl sites for hydroxylation is 1. The van der Waals surface area contributed by atoms with E-state index in [9.17, 15) is 13.2 Å². The van der Waals surface area contributed by atoms with Gasteiger partial charge in [-0.1, -0.05) is 29.8 Å². The number of hydrogen-bond donors (Lipinski definition) is 0. The second kappa shape index (κ2) is 9.84. The van der Waals surface area contributed by atoms with Crippen LogP contribution in [0.25, 0.3) is 0 Å². The SMILES string of the molecule is C=CCN1CCN(C(=O)c2cn(C)nc2S(=O)(=O)N2CCN(c3ccccc3Cl)CC2)CC1. The molecule has 33 heavy (non-hydrogen) atoms. The number of hydrogen-bond acceptors (Lipinski definition) is 6. The van der Waals surface area contributed by atoms with Crippen molar-refractivity contribution in [1.82, 2.24) is 23.9 Å². The molecule has 1 aromatic heterocycles. The summed E-state index contributed by atoms with van der Waals surface area (Å²) < 4.78 is 29.7. The van der Waals surface area contributed by atoms with Crippen LogP contribution in [0.3, 0.4) is 0 Å². The monoisotopic (exact) mass is 492 g/mol. The second-order valence-electron chi connectivity index (χ2n) is 8.25. The van der Waals surface area contributed by atoms with Crippen LogP contribution in [0.2, 0.25) is 5.02 Å². The number of piperazine rings is 2. The maximum atomic E-state index is 13.5. The maximum Gasteiger partial charge on any atom is 0.263 e. The summed E-state index contributed by atoms with van der Waals surface area (Å²) in [6.45, 7) is 8.65. The summed E-state index contributed by atoms with van der Waals surface area (Å²) in [5.74, 6) is -0.297. The summed E-state index contributed by atoms with van der Waals surface area (Å²) >= 11 is 6.30. The Morgan fingerprint density at radius 1 is 1.09 bits per heavy atom. The van der Waals surface area contributed by atoms with E-state index in [-0.39, 0.29) is 29.6 Å². The normalized spacial score (nSPS) is 18.5. The van der Waals surface area contributed by atoms with Crippen LogP contribution in [0.5, 0.6) is 0 Å². The van der Waals surface area contributed by atoms with Gasteiger partial charge in [0.1, 0.15) is 0 Å². The lowest BCUT2D eigenvalue weighted by molar-refractivity contribution is 0.0646. The Morgan fingerprint density at radius 2 is 1.76 bits per heavy atom. The van der Waals surface area contributed by atoms with Gasteiger partial charge >= 0.3 is 0 Å². The van der Waals surface area contributed by atoms with E-state index in [4.69, 9.17) is 11.6 Å². The van der Waals surface area contributed by atoms with E-state index in [1.54, 1.807) is 11.9 Å². The molecule has 11 heteroatoms. The van der Waals surface area contributed by atoms with Gasteiger partial charge in [0.2, 0.25) is 5.03 Å². The molecule has 0 unspecified atom stereocenters. The van der Waals surface area contributed by atoms with Gasteiger partial charge in [-0.05, 0) is 12.1 Å². The fraction of sp³-hybridized carbons (Fsp3) is 0.455. The molecule has 9 nitrogen and oxygen atoms in total. The van der Waals surface area contributed by atoms with Crippen molar-refractivity contribution in [2.24, 2.45) is 7.05 Å². The second-order valence-corrected chi connectivity index (χ2v) is 10.5. The number of sulfonamides is 1. The number of carbonyl (C=O) groups excluding carboxylic acids is 1. The Hall–Kier alpha value is -2.40. The lowest BCUT2D eigenvalue weighted by Crippen LogP contribution is -2.50. The zero-order valence-corrected chi connectivity index (χ0v) is 20.3. The van der Waals surface area contributed by atoms with Gasteiger partial charge in [0.25, 0.3) is 15.9 Å². The minimum atomic E-state index is -3.92. The maximum absolute atomic E-state index is 13.5. The molecular formula is C22H29ClN6O3S. The minimum Gasteiger partial charge on any atom is -0.368 e. The van der Waals surface area contributed by atoms with Gasteiger partial charge in [-0.25, -0.2) is 8.42 Å². The van der Waals surface area contributed by atoms with Gasteiger partial charge in [0.15, 0.2) is 0 Å². The van der Waals surface area contributed by atoms with Crippen molar-refractivity contribution in [3.63, 3.8) is 0 Å². The van der Waals surface area contributed by atoms with E-state index >= 15 is 0 Å². The number of anilines is 1. The number of amides is 1. The van der Waals surface area contributed by atoms with Crippen LogP contribution >= 0.6 is 11.6 Å². The Morgan fingerprint density at radius 3 is 2.39 bits per heavy atom. The summed E-state index contributed by atoms with van der Waals surface area (Å²) in [5, 5.41) is 4.66. The van der Waals surface area contributed by atoms with Crippen molar-refractivity contribution in [2.75, 3.05) is 63.8 Å². The third-order valence-corrected chi connectivity index (χ3v) is 8.24. The molecule has 1 amide bonds. The smallest absolute Gasteiger partial charge is 0.263 e. The molecule has 2 fully saturated rings. The third-order valence-electron chi connectivity index (χ3n) is 6.09. The van der Waals surface area contributed by atoms with Gasteiger partial charge in [-0.2, -0.15) is 9.40 Å². The Bertz CT molecular complexity index is 1120. The number of carbonyl (C=O) groups is 1. The number of aromatic nitrogens is 2. The lowest BCUT2D eigenvalue weighted by Gasteiger charge is -2.36. The van der Waals surface area contributed by atoms with Crippen LogP contribution in [0.4, 0.5) is 5.69 Å². The molecule has 0 radical (unpaired) electrons. The van der Waals surface area contributed by atoms with Gasteiger partial charge in [0.05, 0.1) is 16.3 Å². The van der Waals surface area contributed by atoms with E-state index in [0.29, 0.717) is 31.2 Å². The molecule has 0 aliphatic carbocycles. The number of rotatable bonds is 6. The van der Waals surface area contributed by atoms with E-state index < -0.39 is 10.0 Å². The van der Waals surface area contributed by atoms with Crippen LogP contribution in [0.1, 0.15) is 10.4 Å². The van der Waals surface area contributed by atoms with Crippen molar-refractivity contribution in [3.8, 4) is 0 Å². The van der Waals surface area contributed by atoms with Gasteiger partial charge in [-0.15, -0.1) is 6.58 Å². The largest absolute Gasteiger partial charge is 0.368 e. The lowest BCUT2D eigenvalue weighted by atomic mass is 10.2. The highest BCUT2D eigenvalue weighted by molar-refractivity contribution is 7.89. The molecule has 0 N–H and O–H groups in total. The molecular weight excluding hydrogens is 464 g/mol. The molecule has 2 aliphatic rings. The van der Waals surface area contributed by atoms with Crippen LogP contribution in [0, 0.1) is 0 Å². The highest BCUT2D eigenvalue weighted by atomic mass is 35.5. The fourth-order valence-electron chi connectivity index (χ4n) is 4.29. The number of benzene rings is 1. The minimum absolute atomic E-state index is 0.128.